The van der Waals surface area contributed by atoms with Gasteiger partial charge in [0.2, 0.25) is 5.91 Å². The lowest BCUT2D eigenvalue weighted by Crippen LogP contribution is -2.40. The molecule has 2 rings (SSSR count). The van der Waals surface area contributed by atoms with Crippen molar-refractivity contribution < 1.29 is 18.0 Å². The van der Waals surface area contributed by atoms with Crippen LogP contribution in [0.4, 0.5) is 18.9 Å². The van der Waals surface area contributed by atoms with E-state index in [1.165, 1.54) is 24.4 Å². The Morgan fingerprint density at radius 1 is 1.40 bits per heavy atom. The van der Waals surface area contributed by atoms with Crippen molar-refractivity contribution in [3.63, 3.8) is 0 Å². The molecule has 1 aromatic rings. The molecule has 0 aliphatic carbocycles. The van der Waals surface area contributed by atoms with Crippen molar-refractivity contribution >= 4 is 11.6 Å². The molecule has 1 atom stereocenters. The highest BCUT2D eigenvalue weighted by Gasteiger charge is 2.34. The minimum atomic E-state index is -4.65. The van der Waals surface area contributed by atoms with Crippen LogP contribution in [-0.2, 0) is 11.0 Å². The van der Waals surface area contributed by atoms with E-state index >= 15 is 0 Å². The molecule has 5 nitrogen and oxygen atoms in total. The summed E-state index contributed by atoms with van der Waals surface area (Å²) in [6.45, 7) is 0. The molecule has 20 heavy (non-hydrogen) atoms. The normalized spacial score (nSPS) is 17.4. The fourth-order valence-corrected chi connectivity index (χ4v) is 1.66. The Balaban J connectivity index is 2.23. The van der Waals surface area contributed by atoms with E-state index in [0.29, 0.717) is 0 Å². The Morgan fingerprint density at radius 3 is 2.70 bits per heavy atom. The zero-order valence-corrected chi connectivity index (χ0v) is 9.95. The summed E-state index contributed by atoms with van der Waals surface area (Å²) in [7, 11) is 0. The molecule has 0 saturated carbocycles. The number of hydrogen-bond acceptors (Lipinski definition) is 4. The van der Waals surface area contributed by atoms with E-state index < -0.39 is 29.3 Å². The first kappa shape index (κ1) is 13.9. The van der Waals surface area contributed by atoms with Crippen LogP contribution < -0.4 is 16.2 Å². The van der Waals surface area contributed by atoms with Gasteiger partial charge in [0.15, 0.2) is 0 Å². The van der Waals surface area contributed by atoms with Crippen LogP contribution >= 0.6 is 0 Å². The van der Waals surface area contributed by atoms with Crippen LogP contribution in [0.1, 0.15) is 11.1 Å². The zero-order chi connectivity index (χ0) is 14.8. The number of rotatable bonds is 2. The first-order valence-electron chi connectivity index (χ1n) is 5.52. The first-order valence-corrected chi connectivity index (χ1v) is 5.52. The SMILES string of the molecule is N#Cc1ccc(NC(=O)C2C=CNN2)cc1C(F)(F)F. The van der Waals surface area contributed by atoms with Crippen molar-refractivity contribution in [1.29, 1.82) is 5.26 Å². The van der Waals surface area contributed by atoms with Crippen LogP contribution in [-0.4, -0.2) is 11.9 Å². The molecule has 0 aromatic heterocycles. The average Bonchev–Trinajstić information content (AvgIpc) is 2.91. The summed E-state index contributed by atoms with van der Waals surface area (Å²) < 4.78 is 38.3. The highest BCUT2D eigenvalue weighted by molar-refractivity contribution is 5.96. The lowest BCUT2D eigenvalue weighted by Gasteiger charge is -2.13. The molecule has 1 amide bonds. The van der Waals surface area contributed by atoms with Crippen molar-refractivity contribution in [2.45, 2.75) is 12.2 Å². The fourth-order valence-electron chi connectivity index (χ4n) is 1.66. The lowest BCUT2D eigenvalue weighted by atomic mass is 10.1. The highest BCUT2D eigenvalue weighted by Crippen LogP contribution is 2.33. The van der Waals surface area contributed by atoms with E-state index in [-0.39, 0.29) is 5.69 Å². The summed E-state index contributed by atoms with van der Waals surface area (Å²) in [6, 6.07) is 3.81. The van der Waals surface area contributed by atoms with E-state index in [1.807, 2.05) is 0 Å². The molecule has 1 unspecified atom stereocenters. The van der Waals surface area contributed by atoms with Crippen molar-refractivity contribution in [1.82, 2.24) is 10.9 Å². The van der Waals surface area contributed by atoms with Gasteiger partial charge >= 0.3 is 6.18 Å². The molecule has 0 fully saturated rings. The Bertz CT molecular complexity index is 604. The number of alkyl halides is 3. The van der Waals surface area contributed by atoms with Gasteiger partial charge in [-0.05, 0) is 24.3 Å². The number of hydrazine groups is 1. The van der Waals surface area contributed by atoms with E-state index in [4.69, 9.17) is 5.26 Å². The summed E-state index contributed by atoms with van der Waals surface area (Å²) in [5, 5.41) is 11.0. The smallest absolute Gasteiger partial charge is 0.328 e. The Morgan fingerprint density at radius 2 is 2.15 bits per heavy atom. The second kappa shape index (κ2) is 5.22. The second-order valence-electron chi connectivity index (χ2n) is 3.98. The molecular formula is C12H9F3N4O. The standard InChI is InChI=1S/C12H9F3N4O/c13-12(14,15)9-5-8(2-1-7(9)6-16)18-11(20)10-3-4-17-19-10/h1-5,10,17,19H,(H,18,20). The summed E-state index contributed by atoms with van der Waals surface area (Å²) in [6.07, 6.45) is -1.63. The number of halogens is 3. The number of benzene rings is 1. The molecule has 1 aliphatic rings. The maximum Gasteiger partial charge on any atom is 0.417 e. The van der Waals surface area contributed by atoms with Crippen LogP contribution in [0.15, 0.2) is 30.5 Å². The van der Waals surface area contributed by atoms with Crippen molar-refractivity contribution in [3.8, 4) is 6.07 Å². The maximum absolute atomic E-state index is 12.8. The van der Waals surface area contributed by atoms with Gasteiger partial charge in [-0.15, -0.1) is 0 Å². The Hall–Kier alpha value is -2.53. The maximum atomic E-state index is 12.8. The van der Waals surface area contributed by atoms with E-state index in [1.54, 1.807) is 0 Å². The predicted octanol–water partition coefficient (Wildman–Crippen LogP) is 1.51. The largest absolute Gasteiger partial charge is 0.417 e. The van der Waals surface area contributed by atoms with Crippen molar-refractivity contribution in [2.75, 3.05) is 5.32 Å². The highest BCUT2D eigenvalue weighted by atomic mass is 19.4. The first-order chi connectivity index (χ1) is 9.41. The van der Waals surface area contributed by atoms with Crippen molar-refractivity contribution in [2.24, 2.45) is 0 Å². The number of nitrogens with one attached hydrogen (secondary N) is 3. The van der Waals surface area contributed by atoms with E-state index in [0.717, 1.165) is 12.1 Å². The zero-order valence-electron chi connectivity index (χ0n) is 9.95. The van der Waals surface area contributed by atoms with Crippen molar-refractivity contribution in [3.05, 3.63) is 41.6 Å². The average molecular weight is 282 g/mol. The molecule has 0 radical (unpaired) electrons. The van der Waals surface area contributed by atoms with E-state index in [9.17, 15) is 18.0 Å². The third-order valence-electron chi connectivity index (χ3n) is 2.61. The van der Waals surface area contributed by atoms with Gasteiger partial charge in [-0.3, -0.25) is 4.79 Å². The monoisotopic (exact) mass is 282 g/mol. The van der Waals surface area contributed by atoms with Gasteiger partial charge in [-0.1, -0.05) is 0 Å². The van der Waals surface area contributed by atoms with Crippen LogP contribution in [0.3, 0.4) is 0 Å². The second-order valence-corrected chi connectivity index (χ2v) is 3.98. The minimum absolute atomic E-state index is 0.0246. The summed E-state index contributed by atoms with van der Waals surface area (Å²) in [5.41, 5.74) is 3.58. The third-order valence-corrected chi connectivity index (χ3v) is 2.61. The van der Waals surface area contributed by atoms with E-state index in [2.05, 4.69) is 16.2 Å². The molecule has 0 bridgehead atoms. The molecule has 1 aliphatic heterocycles. The minimum Gasteiger partial charge on any atom is -0.328 e. The molecule has 1 heterocycles. The topological polar surface area (TPSA) is 77.0 Å². The van der Waals surface area contributed by atoms with Gasteiger partial charge < -0.3 is 10.7 Å². The molecule has 0 spiro atoms. The predicted molar refractivity (Wildman–Crippen MR) is 64.0 cm³/mol. The van der Waals surface area contributed by atoms with Crippen LogP contribution in [0.5, 0.6) is 0 Å². The van der Waals surface area contributed by atoms with Gasteiger partial charge in [0.05, 0.1) is 17.2 Å². The number of anilines is 1. The van der Waals surface area contributed by atoms with Gasteiger partial charge in [0.25, 0.3) is 0 Å². The number of hydrogen-bond donors (Lipinski definition) is 3. The number of carbonyl (C=O) groups is 1. The van der Waals surface area contributed by atoms with Crippen LogP contribution in [0, 0.1) is 11.3 Å². The summed E-state index contributed by atoms with van der Waals surface area (Å²) in [4.78, 5) is 11.7. The van der Waals surface area contributed by atoms with Crippen LogP contribution in [0.2, 0.25) is 0 Å². The summed E-state index contributed by atoms with van der Waals surface area (Å²) >= 11 is 0. The number of amides is 1. The number of nitriles is 1. The van der Waals surface area contributed by atoms with Gasteiger partial charge in [0, 0.05) is 11.9 Å². The molecular weight excluding hydrogens is 273 g/mol. The van der Waals surface area contributed by atoms with Crippen LogP contribution in [0.25, 0.3) is 0 Å². The summed E-state index contributed by atoms with van der Waals surface area (Å²) in [5.74, 6) is -0.510. The van der Waals surface area contributed by atoms with Gasteiger partial charge in [-0.25, -0.2) is 5.43 Å². The lowest BCUT2D eigenvalue weighted by molar-refractivity contribution is -0.137. The fraction of sp³-hybridized carbons (Fsp3) is 0.167. The molecule has 0 saturated heterocycles. The number of carbonyl (C=O) groups excluding carboxylic acids is 1. The molecule has 3 N–H and O–H groups in total. The Labute approximate surface area is 112 Å². The number of nitrogens with zero attached hydrogens (tertiary/aromatic N) is 1. The Kier molecular flexibility index (Phi) is 3.63. The molecule has 1 aromatic carbocycles. The molecule has 104 valence electrons. The quantitative estimate of drug-likeness (QED) is 0.768. The van der Waals surface area contributed by atoms with Gasteiger partial charge in [0.1, 0.15) is 6.04 Å². The molecule has 8 heteroatoms. The third kappa shape index (κ3) is 2.89. The van der Waals surface area contributed by atoms with Gasteiger partial charge in [-0.2, -0.15) is 18.4 Å².